The Kier molecular flexibility index (Phi) is 5.98. The Morgan fingerprint density at radius 2 is 1.85 bits per heavy atom. The number of rotatable bonds is 8. The fourth-order valence-electron chi connectivity index (χ4n) is 1.95. The van der Waals surface area contributed by atoms with Crippen molar-refractivity contribution < 1.29 is 18.3 Å². The van der Waals surface area contributed by atoms with Gasteiger partial charge in [-0.3, -0.25) is 0 Å². The number of hydrogen-bond donors (Lipinski definition) is 2. The molecule has 0 bridgehead atoms. The minimum atomic E-state index is -3.65. The zero-order valence-electron chi connectivity index (χ0n) is 12.2. The molecule has 0 radical (unpaired) electrons. The second-order valence-electron chi connectivity index (χ2n) is 4.84. The van der Waals surface area contributed by atoms with Crippen LogP contribution in [0.2, 0.25) is 0 Å². The monoisotopic (exact) mass is 301 g/mol. The smallest absolute Gasteiger partial charge is 0.244 e. The lowest BCUT2D eigenvalue weighted by molar-refractivity contribution is 0.119. The number of aliphatic hydroxyl groups is 1. The summed E-state index contributed by atoms with van der Waals surface area (Å²) in [5, 5.41) is 9.49. The van der Waals surface area contributed by atoms with Crippen molar-refractivity contribution in [1.29, 1.82) is 0 Å². The van der Waals surface area contributed by atoms with E-state index in [1.807, 2.05) is 13.8 Å². The maximum Gasteiger partial charge on any atom is 0.244 e. The topological polar surface area (TPSA) is 75.6 Å². The third-order valence-electron chi connectivity index (χ3n) is 3.83. The summed E-state index contributed by atoms with van der Waals surface area (Å²) < 4.78 is 32.3. The maximum atomic E-state index is 12.3. The highest BCUT2D eigenvalue weighted by molar-refractivity contribution is 7.89. The molecule has 1 aromatic carbocycles. The fraction of sp³-hybridized carbons (Fsp3) is 0.571. The molecule has 20 heavy (non-hydrogen) atoms. The van der Waals surface area contributed by atoms with Gasteiger partial charge in [0.05, 0.1) is 7.11 Å². The van der Waals surface area contributed by atoms with Gasteiger partial charge in [0.2, 0.25) is 10.0 Å². The Morgan fingerprint density at radius 1 is 1.25 bits per heavy atom. The van der Waals surface area contributed by atoms with E-state index in [4.69, 9.17) is 4.74 Å². The first-order chi connectivity index (χ1) is 9.44. The summed E-state index contributed by atoms with van der Waals surface area (Å²) in [5.41, 5.74) is -0.422. The second kappa shape index (κ2) is 7.06. The molecule has 0 fully saturated rings. The molecule has 0 unspecified atom stereocenters. The normalized spacial score (nSPS) is 12.4. The van der Waals surface area contributed by atoms with E-state index in [2.05, 4.69) is 4.72 Å². The van der Waals surface area contributed by atoms with Crippen LogP contribution in [0.3, 0.4) is 0 Å². The van der Waals surface area contributed by atoms with E-state index in [1.165, 1.54) is 13.2 Å². The van der Waals surface area contributed by atoms with E-state index in [0.29, 0.717) is 18.6 Å². The lowest BCUT2D eigenvalue weighted by atomic mass is 9.84. The van der Waals surface area contributed by atoms with Crippen LogP contribution in [0.1, 0.15) is 26.7 Å². The molecular weight excluding hydrogens is 278 g/mol. The molecule has 0 spiro atoms. The summed E-state index contributed by atoms with van der Waals surface area (Å²) in [5.74, 6) is 0.308. The van der Waals surface area contributed by atoms with Crippen molar-refractivity contribution in [1.82, 2.24) is 4.72 Å². The predicted molar refractivity (Wildman–Crippen MR) is 78.3 cm³/mol. The lowest BCUT2D eigenvalue weighted by Crippen LogP contribution is -2.39. The number of ether oxygens (including phenoxy) is 1. The molecule has 0 atom stereocenters. The maximum absolute atomic E-state index is 12.3. The molecule has 0 aliphatic carbocycles. The van der Waals surface area contributed by atoms with Crippen LogP contribution >= 0.6 is 0 Å². The van der Waals surface area contributed by atoms with Gasteiger partial charge in [-0.2, -0.15) is 0 Å². The Labute approximate surface area is 121 Å². The van der Waals surface area contributed by atoms with Crippen LogP contribution in [-0.2, 0) is 10.0 Å². The molecule has 2 N–H and O–H groups in total. The van der Waals surface area contributed by atoms with Crippen LogP contribution in [0.5, 0.6) is 5.75 Å². The second-order valence-corrected chi connectivity index (χ2v) is 6.58. The molecule has 0 saturated heterocycles. The van der Waals surface area contributed by atoms with Gasteiger partial charge in [0.15, 0.2) is 0 Å². The van der Waals surface area contributed by atoms with Crippen LogP contribution in [-0.4, -0.2) is 33.8 Å². The summed E-state index contributed by atoms with van der Waals surface area (Å²) >= 11 is 0. The summed E-state index contributed by atoms with van der Waals surface area (Å²) in [6.45, 7) is 4.04. The Bertz CT molecular complexity index is 515. The summed E-state index contributed by atoms with van der Waals surface area (Å²) in [4.78, 5) is 0.113. The first-order valence-corrected chi connectivity index (χ1v) is 8.16. The van der Waals surface area contributed by atoms with Crippen molar-refractivity contribution in [2.75, 3.05) is 20.3 Å². The number of hydrogen-bond acceptors (Lipinski definition) is 4. The van der Waals surface area contributed by atoms with Crippen molar-refractivity contribution in [3.05, 3.63) is 24.3 Å². The van der Waals surface area contributed by atoms with E-state index in [9.17, 15) is 13.5 Å². The molecule has 6 heteroatoms. The minimum Gasteiger partial charge on any atom is -0.495 e. The average Bonchev–Trinajstić information content (AvgIpc) is 2.49. The number of aliphatic hydroxyl groups excluding tert-OH is 1. The number of methoxy groups -OCH3 is 1. The quantitative estimate of drug-likeness (QED) is 0.767. The average molecular weight is 301 g/mol. The highest BCUT2D eigenvalue weighted by Crippen LogP contribution is 2.27. The SMILES string of the molecule is CCC(CC)(CO)CNS(=O)(=O)c1ccccc1OC. The summed E-state index contributed by atoms with van der Waals surface area (Å²) in [6.07, 6.45) is 1.41. The van der Waals surface area contributed by atoms with Gasteiger partial charge in [0.25, 0.3) is 0 Å². The first-order valence-electron chi connectivity index (χ1n) is 6.68. The zero-order valence-corrected chi connectivity index (χ0v) is 13.0. The third-order valence-corrected chi connectivity index (χ3v) is 5.27. The van der Waals surface area contributed by atoms with Crippen molar-refractivity contribution in [2.24, 2.45) is 5.41 Å². The number of nitrogens with one attached hydrogen (secondary N) is 1. The van der Waals surface area contributed by atoms with Crippen molar-refractivity contribution in [2.45, 2.75) is 31.6 Å². The van der Waals surface area contributed by atoms with Gasteiger partial charge in [0.1, 0.15) is 10.6 Å². The molecule has 5 nitrogen and oxygen atoms in total. The Hall–Kier alpha value is -1.11. The Balaban J connectivity index is 2.96. The van der Waals surface area contributed by atoms with Gasteiger partial charge in [-0.25, -0.2) is 13.1 Å². The molecular formula is C14H23NO4S. The standard InChI is InChI=1S/C14H23NO4S/c1-4-14(5-2,11-16)10-15-20(17,18)13-9-7-6-8-12(13)19-3/h6-9,15-16H,4-5,10-11H2,1-3H3. The van der Waals surface area contributed by atoms with Gasteiger partial charge >= 0.3 is 0 Å². The molecule has 0 aliphatic heterocycles. The van der Waals surface area contributed by atoms with Crippen molar-refractivity contribution >= 4 is 10.0 Å². The van der Waals surface area contributed by atoms with Crippen LogP contribution in [0, 0.1) is 5.41 Å². The van der Waals surface area contributed by atoms with E-state index < -0.39 is 15.4 Å². The predicted octanol–water partition coefficient (Wildman–Crippen LogP) is 1.77. The van der Waals surface area contributed by atoms with Gasteiger partial charge in [-0.15, -0.1) is 0 Å². The molecule has 114 valence electrons. The third kappa shape index (κ3) is 3.71. The first kappa shape index (κ1) is 16.9. The van der Waals surface area contributed by atoms with E-state index in [-0.39, 0.29) is 18.0 Å². The highest BCUT2D eigenvalue weighted by Gasteiger charge is 2.28. The van der Waals surface area contributed by atoms with Gasteiger partial charge in [-0.05, 0) is 25.0 Å². The van der Waals surface area contributed by atoms with Crippen LogP contribution in [0.15, 0.2) is 29.2 Å². The number of sulfonamides is 1. The summed E-state index contributed by atoms with van der Waals surface area (Å²) in [6, 6.07) is 6.47. The van der Waals surface area contributed by atoms with Gasteiger partial charge in [-0.1, -0.05) is 26.0 Å². The van der Waals surface area contributed by atoms with Crippen molar-refractivity contribution in [3.8, 4) is 5.75 Å². The zero-order chi connectivity index (χ0) is 15.2. The summed E-state index contributed by atoms with van der Waals surface area (Å²) in [7, 11) is -2.22. The van der Waals surface area contributed by atoms with Crippen LogP contribution in [0.25, 0.3) is 0 Å². The van der Waals surface area contributed by atoms with E-state index in [1.54, 1.807) is 18.2 Å². The van der Waals surface area contributed by atoms with Crippen LogP contribution < -0.4 is 9.46 Å². The van der Waals surface area contributed by atoms with Gasteiger partial charge in [0, 0.05) is 18.6 Å². The number of benzene rings is 1. The van der Waals surface area contributed by atoms with Gasteiger partial charge < -0.3 is 9.84 Å². The molecule has 1 aromatic rings. The molecule has 0 aromatic heterocycles. The Morgan fingerprint density at radius 3 is 2.35 bits per heavy atom. The number of para-hydroxylation sites is 1. The van der Waals surface area contributed by atoms with Crippen molar-refractivity contribution in [3.63, 3.8) is 0 Å². The molecule has 0 amide bonds. The van der Waals surface area contributed by atoms with Crippen LogP contribution in [0.4, 0.5) is 0 Å². The molecule has 1 rings (SSSR count). The highest BCUT2D eigenvalue weighted by atomic mass is 32.2. The lowest BCUT2D eigenvalue weighted by Gasteiger charge is -2.29. The van der Waals surface area contributed by atoms with E-state index >= 15 is 0 Å². The fourth-order valence-corrected chi connectivity index (χ4v) is 3.27. The van der Waals surface area contributed by atoms with E-state index in [0.717, 1.165) is 0 Å². The molecule has 0 heterocycles. The minimum absolute atomic E-state index is 0.0472. The molecule has 0 aliphatic rings. The molecule has 0 saturated carbocycles. The largest absolute Gasteiger partial charge is 0.495 e.